The van der Waals surface area contributed by atoms with Crippen molar-refractivity contribution in [2.75, 3.05) is 11.9 Å². The van der Waals surface area contributed by atoms with E-state index < -0.39 is 0 Å². The third-order valence-corrected chi connectivity index (χ3v) is 2.39. The molecule has 0 bridgehead atoms. The molecule has 1 aliphatic rings. The molecular weight excluding hydrogens is 180 g/mol. The number of nitrogens with one attached hydrogen (secondary N) is 1. The molecule has 1 aromatic heterocycles. The minimum Gasteiger partial charge on any atom is -0.450 e. The molecule has 0 unspecified atom stereocenters. The predicted molar refractivity (Wildman–Crippen MR) is 53.4 cm³/mol. The summed E-state index contributed by atoms with van der Waals surface area (Å²) >= 11 is 0. The van der Waals surface area contributed by atoms with Gasteiger partial charge < -0.3 is 9.30 Å². The fraction of sp³-hybridized carbons (Fsp3) is 0.500. The van der Waals surface area contributed by atoms with Gasteiger partial charge in [-0.05, 0) is 31.9 Å². The zero-order chi connectivity index (χ0) is 9.97. The van der Waals surface area contributed by atoms with Crippen molar-refractivity contribution in [3.8, 4) is 0 Å². The highest BCUT2D eigenvalue weighted by Crippen LogP contribution is 2.22. The first-order valence-corrected chi connectivity index (χ1v) is 4.93. The SMILES string of the molecule is CCOC(=O)Nc1ccc2n1CCC2. The summed E-state index contributed by atoms with van der Waals surface area (Å²) in [6, 6.07) is 3.97. The highest BCUT2D eigenvalue weighted by molar-refractivity contribution is 5.83. The van der Waals surface area contributed by atoms with Crippen LogP contribution in [0, 0.1) is 0 Å². The van der Waals surface area contributed by atoms with Crippen molar-refractivity contribution in [2.45, 2.75) is 26.3 Å². The first-order chi connectivity index (χ1) is 6.81. The van der Waals surface area contributed by atoms with Crippen molar-refractivity contribution < 1.29 is 9.53 Å². The summed E-state index contributed by atoms with van der Waals surface area (Å²) in [5, 5.41) is 2.72. The van der Waals surface area contributed by atoms with Crippen LogP contribution in [0.15, 0.2) is 12.1 Å². The molecule has 0 spiro atoms. The summed E-state index contributed by atoms with van der Waals surface area (Å²) in [4.78, 5) is 11.2. The van der Waals surface area contributed by atoms with Gasteiger partial charge in [-0.2, -0.15) is 0 Å². The van der Waals surface area contributed by atoms with E-state index in [1.54, 1.807) is 6.92 Å². The lowest BCUT2D eigenvalue weighted by molar-refractivity contribution is 0.167. The fourth-order valence-corrected chi connectivity index (χ4v) is 1.79. The van der Waals surface area contributed by atoms with Crippen LogP contribution in [0.4, 0.5) is 10.6 Å². The van der Waals surface area contributed by atoms with Gasteiger partial charge in [0.1, 0.15) is 5.82 Å². The average Bonchev–Trinajstić information content (AvgIpc) is 2.70. The largest absolute Gasteiger partial charge is 0.450 e. The number of aryl methyl sites for hydroxylation is 1. The lowest BCUT2D eigenvalue weighted by Crippen LogP contribution is -2.15. The zero-order valence-corrected chi connectivity index (χ0v) is 8.25. The molecule has 2 rings (SSSR count). The lowest BCUT2D eigenvalue weighted by atomic mass is 10.3. The van der Waals surface area contributed by atoms with Crippen LogP contribution in [0.2, 0.25) is 0 Å². The summed E-state index contributed by atoms with van der Waals surface area (Å²) < 4.78 is 6.93. The van der Waals surface area contributed by atoms with Gasteiger partial charge >= 0.3 is 6.09 Å². The zero-order valence-electron chi connectivity index (χ0n) is 8.25. The summed E-state index contributed by atoms with van der Waals surface area (Å²) in [5.41, 5.74) is 1.29. The van der Waals surface area contributed by atoms with Gasteiger partial charge in [-0.25, -0.2) is 4.79 Å². The lowest BCUT2D eigenvalue weighted by Gasteiger charge is -2.07. The van der Waals surface area contributed by atoms with Gasteiger partial charge in [-0.3, -0.25) is 5.32 Å². The molecule has 1 aliphatic heterocycles. The van der Waals surface area contributed by atoms with E-state index in [1.807, 2.05) is 6.07 Å². The molecule has 0 radical (unpaired) electrons. The van der Waals surface area contributed by atoms with Gasteiger partial charge in [-0.15, -0.1) is 0 Å². The highest BCUT2D eigenvalue weighted by atomic mass is 16.5. The molecule has 4 nitrogen and oxygen atoms in total. The summed E-state index contributed by atoms with van der Waals surface area (Å²) in [6.45, 7) is 3.19. The maximum absolute atomic E-state index is 11.2. The molecule has 76 valence electrons. The molecule has 1 aromatic rings. The number of amides is 1. The third-order valence-electron chi connectivity index (χ3n) is 2.39. The van der Waals surface area contributed by atoms with E-state index in [1.165, 1.54) is 5.69 Å². The van der Waals surface area contributed by atoms with Crippen LogP contribution in [0.3, 0.4) is 0 Å². The maximum atomic E-state index is 11.2. The molecule has 1 N–H and O–H groups in total. The normalized spacial score (nSPS) is 13.8. The summed E-state index contributed by atoms with van der Waals surface area (Å²) in [6.07, 6.45) is 1.89. The second-order valence-electron chi connectivity index (χ2n) is 3.31. The van der Waals surface area contributed by atoms with E-state index in [9.17, 15) is 4.79 Å². The van der Waals surface area contributed by atoms with Gasteiger partial charge in [0.15, 0.2) is 0 Å². The molecule has 0 aromatic carbocycles. The minimum atomic E-state index is -0.375. The maximum Gasteiger partial charge on any atom is 0.412 e. The Morgan fingerprint density at radius 2 is 2.50 bits per heavy atom. The molecule has 14 heavy (non-hydrogen) atoms. The van der Waals surface area contributed by atoms with Crippen molar-refractivity contribution in [1.82, 2.24) is 4.57 Å². The molecule has 1 amide bonds. The molecule has 4 heteroatoms. The van der Waals surface area contributed by atoms with Crippen LogP contribution < -0.4 is 5.32 Å². The van der Waals surface area contributed by atoms with Crippen LogP contribution in [0.25, 0.3) is 0 Å². The van der Waals surface area contributed by atoms with Gasteiger partial charge in [0.25, 0.3) is 0 Å². The standard InChI is InChI=1S/C10H14N2O2/c1-2-14-10(13)11-9-6-5-8-4-3-7-12(8)9/h5-6H,2-4,7H2,1H3,(H,11,13). The van der Waals surface area contributed by atoms with Gasteiger partial charge in [0, 0.05) is 12.2 Å². The Bertz CT molecular complexity index is 344. The van der Waals surface area contributed by atoms with Crippen LogP contribution >= 0.6 is 0 Å². The van der Waals surface area contributed by atoms with E-state index in [0.29, 0.717) is 6.61 Å². The van der Waals surface area contributed by atoms with Crippen molar-refractivity contribution >= 4 is 11.9 Å². The van der Waals surface area contributed by atoms with Crippen LogP contribution in [-0.2, 0) is 17.7 Å². The van der Waals surface area contributed by atoms with Gasteiger partial charge in [0.2, 0.25) is 0 Å². The first kappa shape index (κ1) is 9.12. The molecule has 0 fully saturated rings. The van der Waals surface area contributed by atoms with Crippen LogP contribution in [0.5, 0.6) is 0 Å². The van der Waals surface area contributed by atoms with Crippen molar-refractivity contribution in [3.05, 3.63) is 17.8 Å². The van der Waals surface area contributed by atoms with Crippen molar-refractivity contribution in [3.63, 3.8) is 0 Å². The number of nitrogens with zero attached hydrogens (tertiary/aromatic N) is 1. The number of ether oxygens (including phenoxy) is 1. The van der Waals surface area contributed by atoms with E-state index in [-0.39, 0.29) is 6.09 Å². The van der Waals surface area contributed by atoms with Crippen molar-refractivity contribution in [1.29, 1.82) is 0 Å². The molecule has 0 saturated carbocycles. The number of carbonyl (C=O) groups excluding carboxylic acids is 1. The number of anilines is 1. The number of aromatic nitrogens is 1. The Kier molecular flexibility index (Phi) is 2.43. The second kappa shape index (κ2) is 3.74. The third kappa shape index (κ3) is 1.60. The smallest absolute Gasteiger partial charge is 0.412 e. The van der Waals surface area contributed by atoms with Gasteiger partial charge in [0.05, 0.1) is 6.61 Å². The number of rotatable bonds is 2. The molecule has 0 aliphatic carbocycles. The molecule has 2 heterocycles. The fourth-order valence-electron chi connectivity index (χ4n) is 1.79. The molecule has 0 atom stereocenters. The molecule has 0 saturated heterocycles. The summed E-state index contributed by atoms with van der Waals surface area (Å²) in [5.74, 6) is 0.843. The summed E-state index contributed by atoms with van der Waals surface area (Å²) in [7, 11) is 0. The Labute approximate surface area is 82.9 Å². The van der Waals surface area contributed by atoms with Crippen LogP contribution in [-0.4, -0.2) is 17.3 Å². The Hall–Kier alpha value is -1.45. The topological polar surface area (TPSA) is 43.3 Å². The van der Waals surface area contributed by atoms with E-state index in [4.69, 9.17) is 4.74 Å². The average molecular weight is 194 g/mol. The Morgan fingerprint density at radius 1 is 1.64 bits per heavy atom. The number of fused-ring (bicyclic) bond motifs is 1. The minimum absolute atomic E-state index is 0.375. The second-order valence-corrected chi connectivity index (χ2v) is 3.31. The predicted octanol–water partition coefficient (Wildman–Crippen LogP) is 2.00. The van der Waals surface area contributed by atoms with Crippen LogP contribution in [0.1, 0.15) is 19.0 Å². The van der Waals surface area contributed by atoms with Gasteiger partial charge in [-0.1, -0.05) is 0 Å². The highest BCUT2D eigenvalue weighted by Gasteiger charge is 2.15. The van der Waals surface area contributed by atoms with E-state index in [2.05, 4.69) is 16.0 Å². The van der Waals surface area contributed by atoms with E-state index >= 15 is 0 Å². The first-order valence-electron chi connectivity index (χ1n) is 4.93. The van der Waals surface area contributed by atoms with E-state index in [0.717, 1.165) is 25.2 Å². The quantitative estimate of drug-likeness (QED) is 0.782. The monoisotopic (exact) mass is 194 g/mol. The number of carbonyl (C=O) groups is 1. The number of hydrogen-bond donors (Lipinski definition) is 1. The molecular formula is C10H14N2O2. The Morgan fingerprint density at radius 3 is 3.29 bits per heavy atom. The van der Waals surface area contributed by atoms with Crippen molar-refractivity contribution in [2.24, 2.45) is 0 Å². The number of hydrogen-bond acceptors (Lipinski definition) is 2. The Balaban J connectivity index is 2.06.